The van der Waals surface area contributed by atoms with Crippen LogP contribution in [0.1, 0.15) is 27.2 Å². The molecule has 0 fully saturated rings. The van der Waals surface area contributed by atoms with Gasteiger partial charge in [-0.1, -0.05) is 18.2 Å². The average Bonchev–Trinajstić information content (AvgIpc) is 2.66. The number of nitro benzene ring substituents is 1. The Bertz CT molecular complexity index is 1120. The largest absolute Gasteiger partial charge is 0.321 e. The Hall–Kier alpha value is -3.81. The molecule has 1 N–H and O–H groups in total. The van der Waals surface area contributed by atoms with Crippen LogP contribution in [0.4, 0.5) is 11.4 Å². The number of anilines is 1. The summed E-state index contributed by atoms with van der Waals surface area (Å²) in [6.45, 7) is 3.94. The third-order valence-electron chi connectivity index (χ3n) is 4.32. The molecule has 3 aromatic rings. The quantitative estimate of drug-likeness (QED) is 0.542. The van der Waals surface area contributed by atoms with Gasteiger partial charge in [-0.3, -0.25) is 19.7 Å². The van der Waals surface area contributed by atoms with Crippen LogP contribution in [0.15, 0.2) is 59.4 Å². The number of carbonyl (C=O) groups excluding carboxylic acids is 1. The minimum absolute atomic E-state index is 0.0191. The molecule has 0 saturated carbocycles. The normalized spacial score (nSPS) is 10.5. The number of benzene rings is 2. The Morgan fingerprint density at radius 2 is 1.89 bits per heavy atom. The van der Waals surface area contributed by atoms with Crippen molar-refractivity contribution in [2.24, 2.45) is 0 Å². The number of nitrogens with one attached hydrogen (secondary N) is 1. The zero-order valence-electron chi connectivity index (χ0n) is 15.4. The molecule has 1 aromatic heterocycles. The van der Waals surface area contributed by atoms with Gasteiger partial charge in [-0.05, 0) is 48.7 Å². The number of hydrogen-bond donors (Lipinski definition) is 1. The Labute approximate surface area is 160 Å². The van der Waals surface area contributed by atoms with Crippen molar-refractivity contribution in [2.75, 3.05) is 5.32 Å². The van der Waals surface area contributed by atoms with Gasteiger partial charge >= 0.3 is 0 Å². The van der Waals surface area contributed by atoms with Crippen LogP contribution >= 0.6 is 0 Å². The van der Waals surface area contributed by atoms with Crippen molar-refractivity contribution in [3.8, 4) is 0 Å². The molecule has 0 aliphatic rings. The van der Waals surface area contributed by atoms with Crippen LogP contribution in [-0.2, 0) is 6.54 Å². The van der Waals surface area contributed by atoms with E-state index in [1.165, 1.54) is 30.3 Å². The summed E-state index contributed by atoms with van der Waals surface area (Å²) in [5, 5.41) is 17.8. The van der Waals surface area contributed by atoms with Gasteiger partial charge in [-0.2, -0.15) is 5.10 Å². The van der Waals surface area contributed by atoms with Crippen LogP contribution in [-0.4, -0.2) is 20.6 Å². The zero-order valence-corrected chi connectivity index (χ0v) is 15.4. The fraction of sp³-hybridized carbons (Fsp3) is 0.150. The van der Waals surface area contributed by atoms with Crippen LogP contribution in [0.3, 0.4) is 0 Å². The number of non-ortho nitro benzene ring substituents is 1. The number of aryl methyl sites for hydroxylation is 2. The molecule has 1 amide bonds. The van der Waals surface area contributed by atoms with Crippen molar-refractivity contribution in [3.05, 3.63) is 97.4 Å². The molecule has 0 bridgehead atoms. The molecule has 3 rings (SSSR count). The molecule has 8 heteroatoms. The molecular weight excluding hydrogens is 360 g/mol. The maximum absolute atomic E-state index is 12.5. The van der Waals surface area contributed by atoms with Gasteiger partial charge in [-0.25, -0.2) is 4.68 Å². The van der Waals surface area contributed by atoms with E-state index < -0.39 is 16.4 Å². The fourth-order valence-electron chi connectivity index (χ4n) is 2.64. The molecule has 142 valence electrons. The maximum Gasteiger partial charge on any atom is 0.276 e. The van der Waals surface area contributed by atoms with E-state index in [1.54, 1.807) is 12.1 Å². The lowest BCUT2D eigenvalue weighted by Gasteiger charge is -2.09. The molecule has 1 heterocycles. The van der Waals surface area contributed by atoms with Gasteiger partial charge < -0.3 is 5.32 Å². The summed E-state index contributed by atoms with van der Waals surface area (Å²) in [5.41, 5.74) is 2.91. The van der Waals surface area contributed by atoms with Crippen molar-refractivity contribution in [3.63, 3.8) is 0 Å². The molecule has 0 aliphatic heterocycles. The van der Waals surface area contributed by atoms with E-state index in [0.29, 0.717) is 11.3 Å². The van der Waals surface area contributed by atoms with Gasteiger partial charge in [0.15, 0.2) is 0 Å². The van der Waals surface area contributed by atoms with Crippen LogP contribution < -0.4 is 10.9 Å². The monoisotopic (exact) mass is 378 g/mol. The van der Waals surface area contributed by atoms with Gasteiger partial charge in [0.25, 0.3) is 17.2 Å². The van der Waals surface area contributed by atoms with E-state index in [9.17, 15) is 19.7 Å². The number of carbonyl (C=O) groups is 1. The first-order chi connectivity index (χ1) is 13.3. The first kappa shape index (κ1) is 19.0. The van der Waals surface area contributed by atoms with E-state index >= 15 is 0 Å². The summed E-state index contributed by atoms with van der Waals surface area (Å²) in [4.78, 5) is 35.0. The lowest BCUT2D eigenvalue weighted by atomic mass is 10.1. The number of hydrogen-bond acceptors (Lipinski definition) is 5. The third kappa shape index (κ3) is 4.29. The minimum Gasteiger partial charge on any atom is -0.321 e. The van der Waals surface area contributed by atoms with E-state index in [0.717, 1.165) is 15.8 Å². The molecule has 0 aliphatic carbocycles. The van der Waals surface area contributed by atoms with E-state index in [2.05, 4.69) is 10.4 Å². The second-order valence-electron chi connectivity index (χ2n) is 6.39. The molecule has 8 nitrogen and oxygen atoms in total. The molecule has 0 atom stereocenters. The smallest absolute Gasteiger partial charge is 0.276 e. The lowest BCUT2D eigenvalue weighted by Crippen LogP contribution is -2.26. The van der Waals surface area contributed by atoms with Gasteiger partial charge in [0.2, 0.25) is 0 Å². The highest BCUT2D eigenvalue weighted by molar-refractivity contribution is 6.02. The molecule has 0 spiro atoms. The van der Waals surface area contributed by atoms with Crippen molar-refractivity contribution in [1.82, 2.24) is 9.78 Å². The molecule has 0 unspecified atom stereocenters. The minimum atomic E-state index is -0.507. The molecule has 2 aromatic carbocycles. The van der Waals surface area contributed by atoms with Crippen LogP contribution in [0.2, 0.25) is 0 Å². The van der Waals surface area contributed by atoms with Crippen LogP contribution in [0, 0.1) is 24.0 Å². The number of aromatic nitrogens is 2. The molecule has 0 saturated heterocycles. The predicted octanol–water partition coefficient (Wildman–Crippen LogP) is 3.07. The standard InChI is InChI=1S/C20H18N4O4/c1-13-6-7-16(10-14(13)2)21-20(26)18-8-9-19(25)23(22-18)12-15-4-3-5-17(11-15)24(27)28/h3-11H,12H2,1-2H3,(H,21,26). The van der Waals surface area contributed by atoms with E-state index in [1.807, 2.05) is 26.0 Å². The number of rotatable bonds is 5. The highest BCUT2D eigenvalue weighted by Gasteiger charge is 2.12. The van der Waals surface area contributed by atoms with Crippen LogP contribution in [0.25, 0.3) is 0 Å². The summed E-state index contributed by atoms with van der Waals surface area (Å²) in [5.74, 6) is -0.448. The number of nitrogens with zero attached hydrogens (tertiary/aromatic N) is 3. The van der Waals surface area contributed by atoms with Gasteiger partial charge in [0, 0.05) is 23.9 Å². The predicted molar refractivity (Wildman–Crippen MR) is 105 cm³/mol. The fourth-order valence-corrected chi connectivity index (χ4v) is 2.64. The summed E-state index contributed by atoms with van der Waals surface area (Å²) < 4.78 is 1.11. The number of nitro groups is 1. The molecular formula is C20H18N4O4. The van der Waals surface area contributed by atoms with Gasteiger partial charge in [-0.15, -0.1) is 0 Å². The Morgan fingerprint density at radius 1 is 1.11 bits per heavy atom. The van der Waals surface area contributed by atoms with Gasteiger partial charge in [0.05, 0.1) is 11.5 Å². The highest BCUT2D eigenvalue weighted by Crippen LogP contribution is 2.15. The first-order valence-electron chi connectivity index (χ1n) is 8.53. The summed E-state index contributed by atoms with van der Waals surface area (Å²) in [6, 6.07) is 14.1. The summed E-state index contributed by atoms with van der Waals surface area (Å²) in [6.07, 6.45) is 0. The Kier molecular flexibility index (Phi) is 5.30. The topological polar surface area (TPSA) is 107 Å². The SMILES string of the molecule is Cc1ccc(NC(=O)c2ccc(=O)n(Cc3cccc([N+](=O)[O-])c3)n2)cc1C. The second kappa shape index (κ2) is 7.83. The van der Waals surface area contributed by atoms with E-state index in [-0.39, 0.29) is 17.9 Å². The third-order valence-corrected chi connectivity index (χ3v) is 4.32. The van der Waals surface area contributed by atoms with Crippen molar-refractivity contribution in [2.45, 2.75) is 20.4 Å². The summed E-state index contributed by atoms with van der Waals surface area (Å²) in [7, 11) is 0. The maximum atomic E-state index is 12.5. The van der Waals surface area contributed by atoms with Crippen molar-refractivity contribution < 1.29 is 9.72 Å². The van der Waals surface area contributed by atoms with Crippen molar-refractivity contribution in [1.29, 1.82) is 0 Å². The first-order valence-corrected chi connectivity index (χ1v) is 8.53. The Balaban J connectivity index is 1.83. The van der Waals surface area contributed by atoms with Crippen LogP contribution in [0.5, 0.6) is 0 Å². The molecule has 0 radical (unpaired) electrons. The van der Waals surface area contributed by atoms with Gasteiger partial charge in [0.1, 0.15) is 5.69 Å². The average molecular weight is 378 g/mol. The Morgan fingerprint density at radius 3 is 2.61 bits per heavy atom. The lowest BCUT2D eigenvalue weighted by molar-refractivity contribution is -0.384. The second-order valence-corrected chi connectivity index (χ2v) is 6.39. The zero-order chi connectivity index (χ0) is 20.3. The number of amides is 1. The molecule has 28 heavy (non-hydrogen) atoms. The van der Waals surface area contributed by atoms with Crippen molar-refractivity contribution >= 4 is 17.3 Å². The highest BCUT2D eigenvalue weighted by atomic mass is 16.6. The van der Waals surface area contributed by atoms with E-state index in [4.69, 9.17) is 0 Å². The summed E-state index contributed by atoms with van der Waals surface area (Å²) >= 11 is 0.